The van der Waals surface area contributed by atoms with E-state index in [-0.39, 0.29) is 24.4 Å². The number of nitrogens with one attached hydrogen (secondary N) is 1. The Morgan fingerprint density at radius 2 is 2.36 bits per heavy atom. The van der Waals surface area contributed by atoms with Crippen LogP contribution in [0.1, 0.15) is 13.3 Å². The van der Waals surface area contributed by atoms with Gasteiger partial charge in [-0.15, -0.1) is 0 Å². The standard InChI is InChI=1S/C9H13ClN2O2/c1-7-5-8(13)11-6-9(14)12(7)4-2-3-10/h2-3,7H,4-6H2,1H3,(H,11,13)/b3-2+. The Kier molecular flexibility index (Phi) is 3.95. The molecule has 1 unspecified atom stereocenters. The highest BCUT2D eigenvalue weighted by atomic mass is 35.5. The number of hydrogen-bond donors (Lipinski definition) is 1. The van der Waals surface area contributed by atoms with E-state index in [1.165, 1.54) is 5.54 Å². The zero-order valence-corrected chi connectivity index (χ0v) is 8.75. The molecule has 0 saturated carbocycles. The lowest BCUT2D eigenvalue weighted by molar-refractivity contribution is -0.130. The first kappa shape index (κ1) is 11.0. The number of halogens is 1. The molecule has 0 spiro atoms. The van der Waals surface area contributed by atoms with Gasteiger partial charge in [0.05, 0.1) is 6.54 Å². The highest BCUT2D eigenvalue weighted by Crippen LogP contribution is 2.07. The lowest BCUT2D eigenvalue weighted by Crippen LogP contribution is -2.39. The summed E-state index contributed by atoms with van der Waals surface area (Å²) in [5, 5.41) is 2.54. The molecule has 4 nitrogen and oxygen atoms in total. The average Bonchev–Trinajstić information content (AvgIpc) is 2.25. The van der Waals surface area contributed by atoms with Crippen LogP contribution in [-0.2, 0) is 9.59 Å². The van der Waals surface area contributed by atoms with Gasteiger partial charge in [-0.3, -0.25) is 9.59 Å². The molecule has 0 aliphatic carbocycles. The van der Waals surface area contributed by atoms with Crippen molar-refractivity contribution in [2.24, 2.45) is 0 Å². The van der Waals surface area contributed by atoms with Crippen LogP contribution < -0.4 is 5.32 Å². The van der Waals surface area contributed by atoms with Crippen LogP contribution in [0.25, 0.3) is 0 Å². The summed E-state index contributed by atoms with van der Waals surface area (Å²) in [6, 6.07) is -0.0714. The van der Waals surface area contributed by atoms with Gasteiger partial charge in [0.25, 0.3) is 0 Å². The predicted octanol–water partition coefficient (Wildman–Crippen LogP) is 0.476. The van der Waals surface area contributed by atoms with Crippen LogP contribution in [0.5, 0.6) is 0 Å². The summed E-state index contributed by atoms with van der Waals surface area (Å²) < 4.78 is 0. The Hall–Kier alpha value is -1.03. The van der Waals surface area contributed by atoms with E-state index < -0.39 is 0 Å². The lowest BCUT2D eigenvalue weighted by atomic mass is 10.2. The van der Waals surface area contributed by atoms with Crippen molar-refractivity contribution in [2.75, 3.05) is 13.1 Å². The SMILES string of the molecule is CC1CC(=O)NCC(=O)N1C/C=C/Cl. The zero-order chi connectivity index (χ0) is 10.6. The van der Waals surface area contributed by atoms with Crippen molar-refractivity contribution >= 4 is 23.4 Å². The summed E-state index contributed by atoms with van der Waals surface area (Å²) in [5.74, 6) is -0.152. The van der Waals surface area contributed by atoms with Gasteiger partial charge in [0.15, 0.2) is 0 Å². The molecule has 1 atom stereocenters. The van der Waals surface area contributed by atoms with Crippen molar-refractivity contribution in [3.8, 4) is 0 Å². The topological polar surface area (TPSA) is 49.4 Å². The molecule has 78 valence electrons. The first-order valence-corrected chi connectivity index (χ1v) is 4.90. The largest absolute Gasteiger partial charge is 0.347 e. The fraction of sp³-hybridized carbons (Fsp3) is 0.556. The quantitative estimate of drug-likeness (QED) is 0.730. The average molecular weight is 217 g/mol. The van der Waals surface area contributed by atoms with E-state index in [4.69, 9.17) is 11.6 Å². The second kappa shape index (κ2) is 5.00. The van der Waals surface area contributed by atoms with Gasteiger partial charge in [0, 0.05) is 24.5 Å². The van der Waals surface area contributed by atoms with Gasteiger partial charge in [-0.2, -0.15) is 0 Å². The first-order valence-electron chi connectivity index (χ1n) is 4.46. The van der Waals surface area contributed by atoms with Crippen molar-refractivity contribution in [1.29, 1.82) is 0 Å². The molecule has 0 radical (unpaired) electrons. The Bertz CT molecular complexity index is 266. The Balaban J connectivity index is 2.68. The molecule has 1 heterocycles. The molecule has 5 heteroatoms. The van der Waals surface area contributed by atoms with Crippen molar-refractivity contribution in [1.82, 2.24) is 10.2 Å². The van der Waals surface area contributed by atoms with Crippen LogP contribution in [0.3, 0.4) is 0 Å². The highest BCUT2D eigenvalue weighted by molar-refractivity contribution is 6.25. The minimum Gasteiger partial charge on any atom is -0.347 e. The molecular weight excluding hydrogens is 204 g/mol. The molecule has 1 aliphatic rings. The number of carbonyl (C=O) groups excluding carboxylic acids is 2. The maximum absolute atomic E-state index is 11.5. The van der Waals surface area contributed by atoms with Gasteiger partial charge in [0.1, 0.15) is 0 Å². The minimum atomic E-state index is -0.0804. The summed E-state index contributed by atoms with van der Waals surface area (Å²) in [7, 11) is 0. The molecule has 0 aromatic carbocycles. The van der Waals surface area contributed by atoms with Gasteiger partial charge in [-0.05, 0) is 6.92 Å². The van der Waals surface area contributed by atoms with Crippen molar-refractivity contribution in [3.05, 3.63) is 11.6 Å². The third-order valence-electron chi connectivity index (χ3n) is 2.16. The van der Waals surface area contributed by atoms with Crippen molar-refractivity contribution in [2.45, 2.75) is 19.4 Å². The molecule has 1 fully saturated rings. The van der Waals surface area contributed by atoms with Crippen LogP contribution in [0.2, 0.25) is 0 Å². The van der Waals surface area contributed by atoms with Crippen LogP contribution in [0.4, 0.5) is 0 Å². The molecule has 2 amide bonds. The van der Waals surface area contributed by atoms with Gasteiger partial charge in [-0.1, -0.05) is 17.7 Å². The van der Waals surface area contributed by atoms with E-state index in [1.807, 2.05) is 6.92 Å². The lowest BCUT2D eigenvalue weighted by Gasteiger charge is -2.24. The van der Waals surface area contributed by atoms with Crippen molar-refractivity contribution in [3.63, 3.8) is 0 Å². The summed E-state index contributed by atoms with van der Waals surface area (Å²) >= 11 is 5.38. The van der Waals surface area contributed by atoms with E-state index >= 15 is 0 Å². The third-order valence-corrected chi connectivity index (χ3v) is 2.34. The summed E-state index contributed by atoms with van der Waals surface area (Å²) in [6.45, 7) is 2.39. The van der Waals surface area contributed by atoms with Crippen molar-refractivity contribution < 1.29 is 9.59 Å². The van der Waals surface area contributed by atoms with Gasteiger partial charge in [-0.25, -0.2) is 0 Å². The molecule has 1 rings (SSSR count). The molecule has 14 heavy (non-hydrogen) atoms. The summed E-state index contributed by atoms with van der Waals surface area (Å²) in [6.07, 6.45) is 2.04. The van der Waals surface area contributed by atoms with Crippen LogP contribution in [-0.4, -0.2) is 35.8 Å². The van der Waals surface area contributed by atoms with Crippen LogP contribution >= 0.6 is 11.6 Å². The highest BCUT2D eigenvalue weighted by Gasteiger charge is 2.25. The normalized spacial score (nSPS) is 23.9. The maximum atomic E-state index is 11.5. The van der Waals surface area contributed by atoms with E-state index in [2.05, 4.69) is 5.32 Å². The molecule has 1 N–H and O–H groups in total. The van der Waals surface area contributed by atoms with Gasteiger partial charge in [0.2, 0.25) is 11.8 Å². The number of carbonyl (C=O) groups is 2. The third kappa shape index (κ3) is 2.73. The summed E-state index contributed by atoms with van der Waals surface area (Å²) in [5.41, 5.74) is 1.38. The van der Waals surface area contributed by atoms with E-state index in [1.54, 1.807) is 11.0 Å². The number of hydrogen-bond acceptors (Lipinski definition) is 2. The molecule has 0 bridgehead atoms. The van der Waals surface area contributed by atoms with E-state index in [9.17, 15) is 9.59 Å². The monoisotopic (exact) mass is 216 g/mol. The second-order valence-corrected chi connectivity index (χ2v) is 3.49. The minimum absolute atomic E-state index is 0.0712. The van der Waals surface area contributed by atoms with E-state index in [0.29, 0.717) is 13.0 Å². The van der Waals surface area contributed by atoms with Crippen LogP contribution in [0.15, 0.2) is 11.6 Å². The predicted molar refractivity (Wildman–Crippen MR) is 53.8 cm³/mol. The Morgan fingerprint density at radius 1 is 1.64 bits per heavy atom. The molecule has 0 aromatic rings. The molecular formula is C9H13ClN2O2. The summed E-state index contributed by atoms with van der Waals surface area (Å²) in [4.78, 5) is 24.3. The fourth-order valence-electron chi connectivity index (χ4n) is 1.41. The number of amides is 2. The number of rotatable bonds is 2. The Labute approximate surface area is 87.9 Å². The first-order chi connectivity index (χ1) is 6.65. The second-order valence-electron chi connectivity index (χ2n) is 3.24. The Morgan fingerprint density at radius 3 is 3.00 bits per heavy atom. The number of nitrogens with zero attached hydrogens (tertiary/aromatic N) is 1. The maximum Gasteiger partial charge on any atom is 0.242 e. The molecule has 0 aromatic heterocycles. The fourth-order valence-corrected chi connectivity index (χ4v) is 1.49. The molecule has 1 saturated heterocycles. The smallest absolute Gasteiger partial charge is 0.242 e. The zero-order valence-electron chi connectivity index (χ0n) is 8.00. The van der Waals surface area contributed by atoms with E-state index in [0.717, 1.165) is 0 Å². The van der Waals surface area contributed by atoms with Crippen LogP contribution in [0, 0.1) is 0 Å². The van der Waals surface area contributed by atoms with Gasteiger partial charge < -0.3 is 10.2 Å². The van der Waals surface area contributed by atoms with Gasteiger partial charge >= 0.3 is 0 Å². The molecule has 1 aliphatic heterocycles.